The largest absolute Gasteiger partial charge is 0.491 e. The molecule has 1 saturated heterocycles. The molecule has 0 radical (unpaired) electrons. The first kappa shape index (κ1) is 13.1. The Morgan fingerprint density at radius 1 is 1.17 bits per heavy atom. The van der Waals surface area contributed by atoms with Crippen molar-refractivity contribution in [1.82, 2.24) is 0 Å². The van der Waals surface area contributed by atoms with Crippen molar-refractivity contribution in [3.05, 3.63) is 18.2 Å². The lowest BCUT2D eigenvalue weighted by molar-refractivity contribution is 0.319. The average molecular weight is 248 g/mol. The van der Waals surface area contributed by atoms with Crippen LogP contribution in [0.3, 0.4) is 0 Å². The molecular weight excluding hydrogens is 224 g/mol. The van der Waals surface area contributed by atoms with Crippen molar-refractivity contribution in [2.75, 3.05) is 30.3 Å². The van der Waals surface area contributed by atoms with Gasteiger partial charge in [0.1, 0.15) is 5.75 Å². The molecule has 0 saturated carbocycles. The number of nitrogen functional groups attached to an aromatic ring is 1. The summed E-state index contributed by atoms with van der Waals surface area (Å²) in [6.45, 7) is 5.14. The Morgan fingerprint density at radius 2 is 1.89 bits per heavy atom. The second-order valence-electron chi connectivity index (χ2n) is 4.97. The van der Waals surface area contributed by atoms with Crippen molar-refractivity contribution < 1.29 is 4.74 Å². The number of hydrogen-bond donors (Lipinski definition) is 1. The SMILES string of the molecule is CCCOc1cc(N2CCCCCC2)ccc1N. The van der Waals surface area contributed by atoms with Crippen LogP contribution >= 0.6 is 0 Å². The summed E-state index contributed by atoms with van der Waals surface area (Å²) in [7, 11) is 0. The Bertz CT molecular complexity index is 371. The summed E-state index contributed by atoms with van der Waals surface area (Å²) < 4.78 is 5.70. The van der Waals surface area contributed by atoms with Gasteiger partial charge in [0.05, 0.1) is 12.3 Å². The van der Waals surface area contributed by atoms with Gasteiger partial charge in [-0.1, -0.05) is 19.8 Å². The van der Waals surface area contributed by atoms with Gasteiger partial charge in [0.25, 0.3) is 0 Å². The van der Waals surface area contributed by atoms with Gasteiger partial charge in [-0.15, -0.1) is 0 Å². The predicted molar refractivity (Wildman–Crippen MR) is 77.3 cm³/mol. The molecule has 1 aromatic rings. The van der Waals surface area contributed by atoms with Crippen molar-refractivity contribution in [3.8, 4) is 5.75 Å². The Labute approximate surface area is 110 Å². The zero-order chi connectivity index (χ0) is 12.8. The van der Waals surface area contributed by atoms with Crippen molar-refractivity contribution in [1.29, 1.82) is 0 Å². The third kappa shape index (κ3) is 3.31. The fraction of sp³-hybridized carbons (Fsp3) is 0.600. The van der Waals surface area contributed by atoms with E-state index >= 15 is 0 Å². The predicted octanol–water partition coefficient (Wildman–Crippen LogP) is 3.44. The molecule has 0 aliphatic carbocycles. The Kier molecular flexibility index (Phi) is 4.73. The van der Waals surface area contributed by atoms with E-state index in [0.717, 1.165) is 37.6 Å². The molecule has 3 heteroatoms. The summed E-state index contributed by atoms with van der Waals surface area (Å²) in [5.41, 5.74) is 7.93. The van der Waals surface area contributed by atoms with Gasteiger partial charge < -0.3 is 15.4 Å². The number of benzene rings is 1. The standard InChI is InChI=1S/C15H24N2O/c1-2-11-18-15-12-13(7-8-14(15)16)17-9-5-3-4-6-10-17/h7-8,12H,2-6,9-11,16H2,1H3. The highest BCUT2D eigenvalue weighted by atomic mass is 16.5. The first-order valence-electron chi connectivity index (χ1n) is 7.08. The van der Waals surface area contributed by atoms with E-state index in [1.54, 1.807) is 0 Å². The van der Waals surface area contributed by atoms with E-state index in [0.29, 0.717) is 0 Å². The van der Waals surface area contributed by atoms with Crippen molar-refractivity contribution in [3.63, 3.8) is 0 Å². The van der Waals surface area contributed by atoms with E-state index in [1.807, 2.05) is 6.07 Å². The summed E-state index contributed by atoms with van der Waals surface area (Å²) in [4.78, 5) is 2.45. The molecule has 1 aliphatic heterocycles. The summed E-state index contributed by atoms with van der Waals surface area (Å²) in [6, 6.07) is 6.17. The smallest absolute Gasteiger partial charge is 0.144 e. The molecule has 1 heterocycles. The van der Waals surface area contributed by atoms with Crippen LogP contribution < -0.4 is 15.4 Å². The first-order valence-corrected chi connectivity index (χ1v) is 7.08. The molecule has 2 N–H and O–H groups in total. The maximum Gasteiger partial charge on any atom is 0.144 e. The summed E-state index contributed by atoms with van der Waals surface area (Å²) in [6.07, 6.45) is 6.29. The third-order valence-corrected chi connectivity index (χ3v) is 3.43. The van der Waals surface area contributed by atoms with E-state index in [9.17, 15) is 0 Å². The molecule has 1 fully saturated rings. The zero-order valence-corrected chi connectivity index (χ0v) is 11.3. The molecule has 18 heavy (non-hydrogen) atoms. The van der Waals surface area contributed by atoms with Crippen LogP contribution in [0, 0.1) is 0 Å². The molecule has 3 nitrogen and oxygen atoms in total. The number of nitrogens with zero attached hydrogens (tertiary/aromatic N) is 1. The third-order valence-electron chi connectivity index (χ3n) is 3.43. The second kappa shape index (κ2) is 6.53. The van der Waals surface area contributed by atoms with Crippen molar-refractivity contribution >= 4 is 11.4 Å². The molecule has 0 unspecified atom stereocenters. The molecule has 0 aromatic heterocycles. The van der Waals surface area contributed by atoms with Crippen LogP contribution in [0.25, 0.3) is 0 Å². The topological polar surface area (TPSA) is 38.5 Å². The summed E-state index contributed by atoms with van der Waals surface area (Å²) in [5.74, 6) is 0.832. The number of rotatable bonds is 4. The molecule has 1 aromatic carbocycles. The lowest BCUT2D eigenvalue weighted by atomic mass is 10.2. The number of nitrogens with two attached hydrogens (primary N) is 1. The highest BCUT2D eigenvalue weighted by Crippen LogP contribution is 2.29. The van der Waals surface area contributed by atoms with Gasteiger partial charge in [-0.05, 0) is 31.4 Å². The Hall–Kier alpha value is -1.38. The van der Waals surface area contributed by atoms with E-state index in [-0.39, 0.29) is 0 Å². The van der Waals surface area contributed by atoms with Crippen LogP contribution in [0.15, 0.2) is 18.2 Å². The quantitative estimate of drug-likeness (QED) is 0.830. The highest BCUT2D eigenvalue weighted by molar-refractivity contribution is 5.62. The van der Waals surface area contributed by atoms with E-state index < -0.39 is 0 Å². The van der Waals surface area contributed by atoms with Crippen LogP contribution in [0.5, 0.6) is 5.75 Å². The molecule has 1 aliphatic rings. The minimum Gasteiger partial charge on any atom is -0.491 e. The zero-order valence-electron chi connectivity index (χ0n) is 11.3. The maximum atomic E-state index is 5.95. The van der Waals surface area contributed by atoms with E-state index in [4.69, 9.17) is 10.5 Å². The minimum atomic E-state index is 0.730. The van der Waals surface area contributed by atoms with Crippen LogP contribution in [0.1, 0.15) is 39.0 Å². The lowest BCUT2D eigenvalue weighted by Crippen LogP contribution is -2.23. The normalized spacial score (nSPS) is 16.4. The first-order chi connectivity index (χ1) is 8.81. The average Bonchev–Trinajstić information content (AvgIpc) is 2.67. The van der Waals surface area contributed by atoms with Crippen LogP contribution in [-0.4, -0.2) is 19.7 Å². The second-order valence-corrected chi connectivity index (χ2v) is 4.97. The molecule has 100 valence electrons. The van der Waals surface area contributed by atoms with Gasteiger partial charge in [0.15, 0.2) is 0 Å². The molecular formula is C15H24N2O. The monoisotopic (exact) mass is 248 g/mol. The van der Waals surface area contributed by atoms with Gasteiger partial charge >= 0.3 is 0 Å². The molecule has 0 amide bonds. The molecule has 0 atom stereocenters. The fourth-order valence-corrected chi connectivity index (χ4v) is 2.39. The summed E-state index contributed by atoms with van der Waals surface area (Å²) >= 11 is 0. The summed E-state index contributed by atoms with van der Waals surface area (Å²) in [5, 5.41) is 0. The number of hydrogen-bond acceptors (Lipinski definition) is 3. The van der Waals surface area contributed by atoms with Crippen LogP contribution in [0.4, 0.5) is 11.4 Å². The molecule has 2 rings (SSSR count). The van der Waals surface area contributed by atoms with Gasteiger partial charge in [-0.25, -0.2) is 0 Å². The van der Waals surface area contributed by atoms with E-state index in [1.165, 1.54) is 31.4 Å². The lowest BCUT2D eigenvalue weighted by Gasteiger charge is -2.23. The maximum absolute atomic E-state index is 5.95. The van der Waals surface area contributed by atoms with Crippen molar-refractivity contribution in [2.24, 2.45) is 0 Å². The molecule has 0 spiro atoms. The fourth-order valence-electron chi connectivity index (χ4n) is 2.39. The Balaban J connectivity index is 2.11. The van der Waals surface area contributed by atoms with Crippen molar-refractivity contribution in [2.45, 2.75) is 39.0 Å². The Morgan fingerprint density at radius 3 is 2.56 bits per heavy atom. The number of anilines is 2. The van der Waals surface area contributed by atoms with Crippen LogP contribution in [0.2, 0.25) is 0 Å². The van der Waals surface area contributed by atoms with E-state index in [2.05, 4.69) is 24.0 Å². The van der Waals surface area contributed by atoms with Gasteiger partial charge in [-0.3, -0.25) is 0 Å². The van der Waals surface area contributed by atoms with Gasteiger partial charge in [0.2, 0.25) is 0 Å². The minimum absolute atomic E-state index is 0.730. The van der Waals surface area contributed by atoms with Crippen LogP contribution in [-0.2, 0) is 0 Å². The highest BCUT2D eigenvalue weighted by Gasteiger charge is 2.11. The number of ether oxygens (including phenoxy) is 1. The van der Waals surface area contributed by atoms with Gasteiger partial charge in [0, 0.05) is 24.8 Å². The van der Waals surface area contributed by atoms with Gasteiger partial charge in [-0.2, -0.15) is 0 Å². The molecule has 0 bridgehead atoms.